The molecule has 1 aliphatic heterocycles. The average molecular weight is 261 g/mol. The van der Waals surface area contributed by atoms with E-state index in [4.69, 9.17) is 0 Å². The van der Waals surface area contributed by atoms with Crippen LogP contribution in [0, 0.1) is 12.8 Å². The molecule has 2 N–H and O–H groups in total. The number of pyridine rings is 1. The lowest BCUT2D eigenvalue weighted by molar-refractivity contribution is -0.124. The first-order chi connectivity index (χ1) is 9.20. The van der Waals surface area contributed by atoms with Gasteiger partial charge in [0, 0.05) is 18.9 Å². The number of carbonyl (C=O) groups excluding carboxylic acids is 1. The van der Waals surface area contributed by atoms with Crippen molar-refractivity contribution in [3.8, 4) is 0 Å². The molecule has 0 bridgehead atoms. The summed E-state index contributed by atoms with van der Waals surface area (Å²) in [6.45, 7) is 5.75. The third-order valence-electron chi connectivity index (χ3n) is 4.00. The molecule has 1 aromatic rings. The van der Waals surface area contributed by atoms with E-state index in [2.05, 4.69) is 22.5 Å². The summed E-state index contributed by atoms with van der Waals surface area (Å²) in [7, 11) is 0. The van der Waals surface area contributed by atoms with Crippen LogP contribution in [0.3, 0.4) is 0 Å². The molecule has 4 heteroatoms. The summed E-state index contributed by atoms with van der Waals surface area (Å²) in [6, 6.07) is 1.93. The zero-order valence-corrected chi connectivity index (χ0v) is 11.8. The van der Waals surface area contributed by atoms with Crippen LogP contribution in [0.1, 0.15) is 37.3 Å². The van der Waals surface area contributed by atoms with Crippen LogP contribution in [-0.2, 0) is 11.3 Å². The molecule has 1 fully saturated rings. The Bertz CT molecular complexity index is 433. The third kappa shape index (κ3) is 3.77. The third-order valence-corrected chi connectivity index (χ3v) is 4.00. The van der Waals surface area contributed by atoms with Crippen LogP contribution in [0.4, 0.5) is 0 Å². The SMILES string of the molecule is CCC1CCNC(C(=O)NCc2ccncc2C)C1. The van der Waals surface area contributed by atoms with Gasteiger partial charge in [-0.05, 0) is 49.4 Å². The lowest BCUT2D eigenvalue weighted by Crippen LogP contribution is -2.48. The van der Waals surface area contributed by atoms with E-state index >= 15 is 0 Å². The highest BCUT2D eigenvalue weighted by Gasteiger charge is 2.25. The molecule has 0 spiro atoms. The van der Waals surface area contributed by atoms with Gasteiger partial charge in [0.1, 0.15) is 0 Å². The van der Waals surface area contributed by atoms with E-state index in [1.807, 2.05) is 19.2 Å². The highest BCUT2D eigenvalue weighted by Crippen LogP contribution is 2.19. The summed E-state index contributed by atoms with van der Waals surface area (Å²) in [5.41, 5.74) is 2.25. The number of nitrogens with zero attached hydrogens (tertiary/aromatic N) is 1. The second-order valence-electron chi connectivity index (χ2n) is 5.33. The van der Waals surface area contributed by atoms with E-state index in [1.54, 1.807) is 6.20 Å². The molecular weight excluding hydrogens is 238 g/mol. The standard InChI is InChI=1S/C15H23N3O/c1-3-12-4-7-17-14(8-12)15(19)18-10-13-5-6-16-9-11(13)2/h5-6,9,12,14,17H,3-4,7-8,10H2,1-2H3,(H,18,19). The summed E-state index contributed by atoms with van der Waals surface area (Å²) in [5, 5.41) is 6.33. The number of aromatic nitrogens is 1. The minimum absolute atomic E-state index is 0.0270. The fraction of sp³-hybridized carbons (Fsp3) is 0.600. The molecule has 0 radical (unpaired) electrons. The van der Waals surface area contributed by atoms with Gasteiger partial charge in [0.25, 0.3) is 0 Å². The highest BCUT2D eigenvalue weighted by molar-refractivity contribution is 5.81. The highest BCUT2D eigenvalue weighted by atomic mass is 16.2. The van der Waals surface area contributed by atoms with E-state index < -0.39 is 0 Å². The topological polar surface area (TPSA) is 54.0 Å². The summed E-state index contributed by atoms with van der Waals surface area (Å²) >= 11 is 0. The summed E-state index contributed by atoms with van der Waals surface area (Å²) < 4.78 is 0. The first-order valence-corrected chi connectivity index (χ1v) is 7.11. The van der Waals surface area contributed by atoms with E-state index in [1.165, 1.54) is 6.42 Å². The van der Waals surface area contributed by atoms with Gasteiger partial charge in [-0.3, -0.25) is 9.78 Å². The maximum atomic E-state index is 12.2. The molecule has 104 valence electrons. The summed E-state index contributed by atoms with van der Waals surface area (Å²) in [4.78, 5) is 16.2. The Kier molecular flexibility index (Phi) is 4.91. The Hall–Kier alpha value is -1.42. The maximum Gasteiger partial charge on any atom is 0.237 e. The number of piperidine rings is 1. The molecule has 0 aromatic carbocycles. The lowest BCUT2D eigenvalue weighted by Gasteiger charge is -2.28. The number of aryl methyl sites for hydroxylation is 1. The zero-order chi connectivity index (χ0) is 13.7. The molecule has 0 aliphatic carbocycles. The molecule has 2 heterocycles. The lowest BCUT2D eigenvalue weighted by atomic mass is 9.90. The van der Waals surface area contributed by atoms with Crippen LogP contribution in [-0.4, -0.2) is 23.5 Å². The van der Waals surface area contributed by atoms with E-state index in [0.717, 1.165) is 30.5 Å². The van der Waals surface area contributed by atoms with Gasteiger partial charge in [0.05, 0.1) is 6.04 Å². The summed E-state index contributed by atoms with van der Waals surface area (Å²) in [6.07, 6.45) is 6.89. The van der Waals surface area contributed by atoms with E-state index in [0.29, 0.717) is 12.5 Å². The Morgan fingerprint density at radius 2 is 2.42 bits per heavy atom. The minimum atomic E-state index is -0.0270. The van der Waals surface area contributed by atoms with Crippen molar-refractivity contribution in [3.05, 3.63) is 29.6 Å². The van der Waals surface area contributed by atoms with Gasteiger partial charge >= 0.3 is 0 Å². The molecule has 2 atom stereocenters. The Balaban J connectivity index is 1.86. The first kappa shape index (κ1) is 14.0. The van der Waals surface area contributed by atoms with Crippen LogP contribution in [0.25, 0.3) is 0 Å². The number of rotatable bonds is 4. The predicted octanol–water partition coefficient (Wildman–Crippen LogP) is 1.78. The summed E-state index contributed by atoms with van der Waals surface area (Å²) in [5.74, 6) is 0.800. The second kappa shape index (κ2) is 6.66. The Morgan fingerprint density at radius 1 is 1.58 bits per heavy atom. The maximum absolute atomic E-state index is 12.2. The Labute approximate surface area is 115 Å². The minimum Gasteiger partial charge on any atom is -0.351 e. The van der Waals surface area contributed by atoms with Gasteiger partial charge in [-0.2, -0.15) is 0 Å². The molecule has 1 aliphatic rings. The van der Waals surface area contributed by atoms with Crippen LogP contribution >= 0.6 is 0 Å². The molecule has 19 heavy (non-hydrogen) atoms. The second-order valence-corrected chi connectivity index (χ2v) is 5.33. The number of hydrogen-bond acceptors (Lipinski definition) is 3. The zero-order valence-electron chi connectivity index (χ0n) is 11.8. The fourth-order valence-corrected chi connectivity index (χ4v) is 2.57. The largest absolute Gasteiger partial charge is 0.351 e. The van der Waals surface area contributed by atoms with Crippen molar-refractivity contribution < 1.29 is 4.79 Å². The van der Waals surface area contributed by atoms with Crippen LogP contribution in [0.2, 0.25) is 0 Å². The fourth-order valence-electron chi connectivity index (χ4n) is 2.57. The number of nitrogens with one attached hydrogen (secondary N) is 2. The Morgan fingerprint density at radius 3 is 3.16 bits per heavy atom. The van der Waals surface area contributed by atoms with Crippen LogP contribution in [0.5, 0.6) is 0 Å². The molecule has 2 unspecified atom stereocenters. The predicted molar refractivity (Wildman–Crippen MR) is 75.6 cm³/mol. The van der Waals surface area contributed by atoms with Crippen molar-refractivity contribution >= 4 is 5.91 Å². The van der Waals surface area contributed by atoms with Crippen molar-refractivity contribution in [2.24, 2.45) is 5.92 Å². The van der Waals surface area contributed by atoms with Crippen LogP contribution < -0.4 is 10.6 Å². The van der Waals surface area contributed by atoms with Crippen molar-refractivity contribution in [2.45, 2.75) is 45.7 Å². The number of amides is 1. The van der Waals surface area contributed by atoms with Gasteiger partial charge in [-0.25, -0.2) is 0 Å². The molecule has 0 saturated carbocycles. The number of carbonyl (C=O) groups is 1. The molecular formula is C15H23N3O. The monoisotopic (exact) mass is 261 g/mol. The van der Waals surface area contributed by atoms with E-state index in [-0.39, 0.29) is 11.9 Å². The quantitative estimate of drug-likeness (QED) is 0.868. The molecule has 2 rings (SSSR count). The van der Waals surface area contributed by atoms with Crippen molar-refractivity contribution in [1.29, 1.82) is 0 Å². The molecule has 1 amide bonds. The number of hydrogen-bond donors (Lipinski definition) is 2. The average Bonchev–Trinajstić information content (AvgIpc) is 2.46. The van der Waals surface area contributed by atoms with Gasteiger partial charge in [0.2, 0.25) is 5.91 Å². The normalized spacial score (nSPS) is 23.1. The van der Waals surface area contributed by atoms with Crippen molar-refractivity contribution in [3.63, 3.8) is 0 Å². The van der Waals surface area contributed by atoms with Gasteiger partial charge in [-0.1, -0.05) is 13.3 Å². The van der Waals surface area contributed by atoms with Crippen LogP contribution in [0.15, 0.2) is 18.5 Å². The smallest absolute Gasteiger partial charge is 0.237 e. The van der Waals surface area contributed by atoms with Gasteiger partial charge < -0.3 is 10.6 Å². The van der Waals surface area contributed by atoms with Crippen molar-refractivity contribution in [2.75, 3.05) is 6.54 Å². The van der Waals surface area contributed by atoms with Crippen molar-refractivity contribution in [1.82, 2.24) is 15.6 Å². The van der Waals surface area contributed by atoms with E-state index in [9.17, 15) is 4.79 Å². The molecule has 1 saturated heterocycles. The van der Waals surface area contributed by atoms with Gasteiger partial charge in [-0.15, -0.1) is 0 Å². The first-order valence-electron chi connectivity index (χ1n) is 7.11. The molecule has 4 nitrogen and oxygen atoms in total. The molecule has 1 aromatic heterocycles. The van der Waals surface area contributed by atoms with Gasteiger partial charge in [0.15, 0.2) is 0 Å².